The number of hydrogen-bond acceptors (Lipinski definition) is 5. The maximum absolute atomic E-state index is 4.83. The maximum atomic E-state index is 4.83. The Bertz CT molecular complexity index is 458. The van der Waals surface area contributed by atoms with Crippen LogP contribution in [0.3, 0.4) is 0 Å². The van der Waals surface area contributed by atoms with Crippen LogP contribution in [-0.4, -0.2) is 55.1 Å². The van der Waals surface area contributed by atoms with E-state index in [1.165, 1.54) is 6.42 Å². The van der Waals surface area contributed by atoms with Gasteiger partial charge in [0.15, 0.2) is 0 Å². The molecule has 0 atom stereocenters. The third-order valence-electron chi connectivity index (χ3n) is 3.91. The highest BCUT2D eigenvalue weighted by atomic mass is 15.3. The summed E-state index contributed by atoms with van der Waals surface area (Å²) in [4.78, 5) is 14.2. The first-order valence-corrected chi connectivity index (χ1v) is 7.52. The minimum atomic E-state index is 0.344. The lowest BCUT2D eigenvalue weighted by Crippen LogP contribution is -2.30. The van der Waals surface area contributed by atoms with E-state index in [0.29, 0.717) is 5.92 Å². The molecule has 0 unspecified atom stereocenters. The molecule has 1 N–H and O–H groups in total. The lowest BCUT2D eigenvalue weighted by Gasteiger charge is -2.25. The molecule has 0 aliphatic carbocycles. The molecule has 20 heavy (non-hydrogen) atoms. The van der Waals surface area contributed by atoms with Crippen LogP contribution >= 0.6 is 0 Å². The van der Waals surface area contributed by atoms with E-state index < -0.39 is 0 Å². The Labute approximate surface area is 122 Å². The van der Waals surface area contributed by atoms with Crippen molar-refractivity contribution in [1.29, 1.82) is 0 Å². The second-order valence-corrected chi connectivity index (χ2v) is 5.93. The molecule has 1 aromatic heterocycles. The Balaban J connectivity index is 2.36. The fourth-order valence-electron chi connectivity index (χ4n) is 2.59. The van der Waals surface area contributed by atoms with Gasteiger partial charge in [-0.25, -0.2) is 9.97 Å². The highest BCUT2D eigenvalue weighted by Gasteiger charge is 2.19. The van der Waals surface area contributed by atoms with Crippen molar-refractivity contribution in [3.05, 3.63) is 11.4 Å². The summed E-state index contributed by atoms with van der Waals surface area (Å²) in [6, 6.07) is 0. The monoisotopic (exact) mass is 277 g/mol. The first-order valence-electron chi connectivity index (χ1n) is 7.52. The maximum Gasteiger partial charge on any atom is 0.137 e. The molecule has 0 bridgehead atoms. The van der Waals surface area contributed by atoms with E-state index in [1.54, 1.807) is 0 Å². The number of rotatable bonds is 3. The molecule has 1 saturated heterocycles. The van der Waals surface area contributed by atoms with Crippen molar-refractivity contribution in [2.45, 2.75) is 33.1 Å². The van der Waals surface area contributed by atoms with Crippen LogP contribution in [0.25, 0.3) is 0 Å². The molecule has 1 aromatic rings. The third kappa shape index (κ3) is 3.20. The number of nitrogens with one attached hydrogen (secondary N) is 1. The molecule has 5 heteroatoms. The molecule has 112 valence electrons. The van der Waals surface area contributed by atoms with Crippen LogP contribution in [0.15, 0.2) is 0 Å². The first-order chi connectivity index (χ1) is 9.52. The molecule has 1 aliphatic heterocycles. The highest BCUT2D eigenvalue weighted by Crippen LogP contribution is 2.26. The van der Waals surface area contributed by atoms with Crippen molar-refractivity contribution in [2.24, 2.45) is 0 Å². The number of likely N-dealkylation sites (N-methyl/N-ethyl adjacent to an activating group) is 1. The summed E-state index contributed by atoms with van der Waals surface area (Å²) < 4.78 is 0. The Morgan fingerprint density at radius 2 is 1.85 bits per heavy atom. The molecule has 0 amide bonds. The summed E-state index contributed by atoms with van der Waals surface area (Å²) in [5.41, 5.74) is 1.15. The minimum absolute atomic E-state index is 0.344. The van der Waals surface area contributed by atoms with Crippen molar-refractivity contribution >= 4 is 11.6 Å². The normalized spacial score (nSPS) is 17.4. The van der Waals surface area contributed by atoms with E-state index in [2.05, 4.69) is 47.9 Å². The van der Waals surface area contributed by atoms with E-state index in [0.717, 1.165) is 49.2 Å². The second-order valence-electron chi connectivity index (χ2n) is 5.93. The van der Waals surface area contributed by atoms with Crippen molar-refractivity contribution < 1.29 is 0 Å². The van der Waals surface area contributed by atoms with Crippen LogP contribution in [0.4, 0.5) is 11.6 Å². The third-order valence-corrected chi connectivity index (χ3v) is 3.91. The average molecular weight is 277 g/mol. The average Bonchev–Trinajstić information content (AvgIpc) is 2.63. The summed E-state index contributed by atoms with van der Waals surface area (Å²) in [5.74, 6) is 3.32. The van der Waals surface area contributed by atoms with E-state index in [4.69, 9.17) is 4.98 Å². The Hall–Kier alpha value is -1.36. The fourth-order valence-corrected chi connectivity index (χ4v) is 2.59. The quantitative estimate of drug-likeness (QED) is 0.916. The highest BCUT2D eigenvalue weighted by molar-refractivity contribution is 5.58. The summed E-state index contributed by atoms with van der Waals surface area (Å²) in [6.07, 6.45) is 1.19. The molecule has 2 rings (SSSR count). The van der Waals surface area contributed by atoms with Crippen LogP contribution in [-0.2, 0) is 0 Å². The summed E-state index contributed by atoms with van der Waals surface area (Å²) in [5, 5.41) is 3.21. The zero-order valence-corrected chi connectivity index (χ0v) is 13.4. The molecular weight excluding hydrogens is 250 g/mol. The Morgan fingerprint density at radius 3 is 2.50 bits per heavy atom. The van der Waals surface area contributed by atoms with Crippen molar-refractivity contribution in [3.8, 4) is 0 Å². The van der Waals surface area contributed by atoms with Gasteiger partial charge in [-0.15, -0.1) is 0 Å². The molecule has 0 radical (unpaired) electrons. The van der Waals surface area contributed by atoms with Gasteiger partial charge in [0, 0.05) is 38.2 Å². The lowest BCUT2D eigenvalue weighted by atomic mass is 10.2. The van der Waals surface area contributed by atoms with Gasteiger partial charge in [0.1, 0.15) is 17.5 Å². The smallest absolute Gasteiger partial charge is 0.137 e. The zero-order valence-electron chi connectivity index (χ0n) is 13.4. The van der Waals surface area contributed by atoms with Gasteiger partial charge in [-0.1, -0.05) is 13.8 Å². The first kappa shape index (κ1) is 15.0. The molecule has 0 spiro atoms. The molecule has 1 fully saturated rings. The molecule has 0 saturated carbocycles. The molecule has 1 aliphatic rings. The zero-order chi connectivity index (χ0) is 14.7. The van der Waals surface area contributed by atoms with Crippen LogP contribution in [0.5, 0.6) is 0 Å². The van der Waals surface area contributed by atoms with Crippen LogP contribution in [0, 0.1) is 6.92 Å². The number of anilines is 2. The Morgan fingerprint density at radius 1 is 1.10 bits per heavy atom. The lowest BCUT2D eigenvalue weighted by molar-refractivity contribution is 0.360. The minimum Gasteiger partial charge on any atom is -0.373 e. The summed E-state index contributed by atoms with van der Waals surface area (Å²) >= 11 is 0. The van der Waals surface area contributed by atoms with Crippen LogP contribution in [0.2, 0.25) is 0 Å². The van der Waals surface area contributed by atoms with Gasteiger partial charge in [-0.2, -0.15) is 0 Å². The van der Waals surface area contributed by atoms with Crippen molar-refractivity contribution in [2.75, 3.05) is 50.5 Å². The molecular formula is C15H27N5. The second kappa shape index (κ2) is 6.39. The van der Waals surface area contributed by atoms with Gasteiger partial charge in [-0.05, 0) is 26.9 Å². The topological polar surface area (TPSA) is 44.3 Å². The van der Waals surface area contributed by atoms with E-state index in [1.807, 2.05) is 7.05 Å². The molecule has 0 aromatic carbocycles. The standard InChI is InChI=1S/C15H27N5/c1-11(2)13-17-14(16-4)12(3)15(18-13)20-8-6-7-19(5)9-10-20/h11H,6-10H2,1-5H3,(H,16,17,18). The Kier molecular flexibility index (Phi) is 4.81. The SMILES string of the molecule is CNc1nc(C(C)C)nc(N2CCCN(C)CC2)c1C. The largest absolute Gasteiger partial charge is 0.373 e. The number of nitrogens with zero attached hydrogens (tertiary/aromatic N) is 4. The van der Waals surface area contributed by atoms with Crippen LogP contribution < -0.4 is 10.2 Å². The molecule has 2 heterocycles. The van der Waals surface area contributed by atoms with E-state index >= 15 is 0 Å². The number of aromatic nitrogens is 2. The fraction of sp³-hybridized carbons (Fsp3) is 0.733. The molecule has 5 nitrogen and oxygen atoms in total. The summed E-state index contributed by atoms with van der Waals surface area (Å²) in [7, 11) is 4.12. The van der Waals surface area contributed by atoms with Crippen molar-refractivity contribution in [1.82, 2.24) is 14.9 Å². The van der Waals surface area contributed by atoms with E-state index in [-0.39, 0.29) is 0 Å². The summed E-state index contributed by atoms with van der Waals surface area (Å²) in [6.45, 7) is 10.8. The predicted octanol–water partition coefficient (Wildman–Crippen LogP) is 2.09. The van der Waals surface area contributed by atoms with Gasteiger partial charge in [0.2, 0.25) is 0 Å². The number of hydrogen-bond donors (Lipinski definition) is 1. The van der Waals surface area contributed by atoms with Gasteiger partial charge < -0.3 is 15.1 Å². The van der Waals surface area contributed by atoms with Crippen LogP contribution in [0.1, 0.15) is 37.6 Å². The van der Waals surface area contributed by atoms with Gasteiger partial charge >= 0.3 is 0 Å². The van der Waals surface area contributed by atoms with E-state index in [9.17, 15) is 0 Å². The van der Waals surface area contributed by atoms with Crippen molar-refractivity contribution in [3.63, 3.8) is 0 Å². The van der Waals surface area contributed by atoms with Gasteiger partial charge in [-0.3, -0.25) is 0 Å². The van der Waals surface area contributed by atoms with Gasteiger partial charge in [0.25, 0.3) is 0 Å². The van der Waals surface area contributed by atoms with Gasteiger partial charge in [0.05, 0.1) is 0 Å². The predicted molar refractivity (Wildman–Crippen MR) is 84.7 cm³/mol.